The number of thiazole rings is 2. The van der Waals surface area contributed by atoms with Gasteiger partial charge in [0.1, 0.15) is 10.0 Å². The molecule has 262 valence electrons. The highest BCUT2D eigenvalue weighted by Gasteiger charge is 2.50. The van der Waals surface area contributed by atoms with Gasteiger partial charge in [-0.15, -0.1) is 22.7 Å². The molecule has 0 N–H and O–H groups in total. The second kappa shape index (κ2) is 12.5. The van der Waals surface area contributed by atoms with E-state index < -0.39 is 0 Å². The van der Waals surface area contributed by atoms with Gasteiger partial charge in [0.15, 0.2) is 0 Å². The van der Waals surface area contributed by atoms with Crippen LogP contribution in [0.2, 0.25) is 0 Å². The molecule has 0 bridgehead atoms. The highest BCUT2D eigenvalue weighted by molar-refractivity contribution is 7.99. The largest absolute Gasteiger partial charge is 0.236 e. The zero-order valence-corrected chi connectivity index (χ0v) is 32.4. The third-order valence-electron chi connectivity index (χ3n) is 11.4. The highest BCUT2D eigenvalue weighted by Crippen LogP contribution is 2.62. The Bertz CT molecular complexity index is 2990. The van der Waals surface area contributed by atoms with Crippen molar-refractivity contribution in [3.8, 4) is 54.5 Å². The Morgan fingerprint density at radius 2 is 0.804 bits per heavy atom. The van der Waals surface area contributed by atoms with Gasteiger partial charge >= 0.3 is 0 Å². The van der Waals surface area contributed by atoms with Crippen molar-refractivity contribution in [2.24, 2.45) is 0 Å². The van der Waals surface area contributed by atoms with Gasteiger partial charge in [0.2, 0.25) is 0 Å². The summed E-state index contributed by atoms with van der Waals surface area (Å²) >= 11 is 5.36. The predicted molar refractivity (Wildman–Crippen MR) is 236 cm³/mol. The minimum atomic E-state index is -0.359. The molecule has 56 heavy (non-hydrogen) atoms. The average Bonchev–Trinajstić information content (AvgIpc) is 3.98. The van der Waals surface area contributed by atoms with Crippen LogP contribution in [0, 0.1) is 0 Å². The molecule has 2 nitrogen and oxygen atoms in total. The number of para-hydroxylation sites is 2. The van der Waals surface area contributed by atoms with Crippen molar-refractivity contribution in [1.82, 2.24) is 9.97 Å². The van der Waals surface area contributed by atoms with E-state index in [-0.39, 0.29) is 5.41 Å². The number of rotatable bonds is 4. The minimum absolute atomic E-state index is 0.359. The summed E-state index contributed by atoms with van der Waals surface area (Å²) in [7, 11) is 0. The Hall–Kier alpha value is -6.11. The Morgan fingerprint density at radius 3 is 1.41 bits per heavy atom. The van der Waals surface area contributed by atoms with Gasteiger partial charge in [0.05, 0.1) is 25.8 Å². The molecular weight excluding hydrogens is 737 g/mol. The fourth-order valence-corrected chi connectivity index (χ4v) is 12.0. The van der Waals surface area contributed by atoms with Crippen LogP contribution in [-0.4, -0.2) is 9.97 Å². The van der Waals surface area contributed by atoms with E-state index in [9.17, 15) is 0 Å². The van der Waals surface area contributed by atoms with Crippen LogP contribution < -0.4 is 0 Å². The van der Waals surface area contributed by atoms with Crippen LogP contribution in [-0.2, 0) is 5.41 Å². The summed E-state index contributed by atoms with van der Waals surface area (Å²) in [6.07, 6.45) is 0. The molecule has 0 fully saturated rings. The fourth-order valence-electron chi connectivity index (χ4n) is 8.93. The maximum atomic E-state index is 5.05. The summed E-state index contributed by atoms with van der Waals surface area (Å²) in [6.45, 7) is 0. The molecule has 0 radical (unpaired) electrons. The number of hydrogen-bond acceptors (Lipinski definition) is 5. The zero-order chi connectivity index (χ0) is 36.8. The third-order valence-corrected chi connectivity index (χ3v) is 14.7. The van der Waals surface area contributed by atoms with E-state index in [0.29, 0.717) is 0 Å². The van der Waals surface area contributed by atoms with E-state index >= 15 is 0 Å². The molecule has 0 saturated carbocycles. The molecular formula is C51H30N2S3. The van der Waals surface area contributed by atoms with Crippen molar-refractivity contribution >= 4 is 54.9 Å². The topological polar surface area (TPSA) is 25.8 Å². The molecule has 10 aromatic rings. The van der Waals surface area contributed by atoms with E-state index in [1.165, 1.54) is 63.7 Å². The molecule has 5 heteroatoms. The molecule has 1 spiro atoms. The third kappa shape index (κ3) is 4.81. The van der Waals surface area contributed by atoms with Crippen LogP contribution >= 0.6 is 34.4 Å². The lowest BCUT2D eigenvalue weighted by Gasteiger charge is -2.39. The lowest BCUT2D eigenvalue weighted by atomic mass is 9.67. The molecule has 1 aliphatic carbocycles. The van der Waals surface area contributed by atoms with Crippen molar-refractivity contribution in [3.63, 3.8) is 0 Å². The van der Waals surface area contributed by atoms with Gasteiger partial charge in [-0.05, 0) is 116 Å². The van der Waals surface area contributed by atoms with Crippen molar-refractivity contribution < 1.29 is 0 Å². The highest BCUT2D eigenvalue weighted by atomic mass is 32.2. The molecule has 0 saturated heterocycles. The second-order valence-corrected chi connectivity index (χ2v) is 17.6. The average molecular weight is 767 g/mol. The van der Waals surface area contributed by atoms with Gasteiger partial charge in [-0.25, -0.2) is 9.97 Å². The normalized spacial score (nSPS) is 13.4. The standard InChI is InChI=1S/C51H30N2S3/c1-2-12-39-37(11-1)38-30-33(25-26-40(38)51(39)41-13-3-7-17-45(41)54-46-18-8-4-14-42(46)51)31-21-23-32(24-22-31)34-27-35(49-52-43-15-5-9-19-47(43)55-49)29-36(28-34)50-53-44-16-6-10-20-48(44)56-50/h1-30H. The molecule has 12 rings (SSSR count). The van der Waals surface area contributed by atoms with Crippen LogP contribution in [0.25, 0.3) is 75.0 Å². The molecule has 0 unspecified atom stereocenters. The first-order chi connectivity index (χ1) is 27.7. The maximum absolute atomic E-state index is 5.05. The second-order valence-electron chi connectivity index (χ2n) is 14.5. The van der Waals surface area contributed by atoms with Crippen molar-refractivity contribution in [1.29, 1.82) is 0 Å². The Balaban J connectivity index is 0.974. The van der Waals surface area contributed by atoms with Gasteiger partial charge < -0.3 is 0 Å². The number of benzene rings is 8. The monoisotopic (exact) mass is 766 g/mol. The minimum Gasteiger partial charge on any atom is -0.236 e. The number of nitrogens with zero attached hydrogens (tertiary/aromatic N) is 2. The molecule has 8 aromatic carbocycles. The number of fused-ring (bicyclic) bond motifs is 11. The van der Waals surface area contributed by atoms with Crippen molar-refractivity contribution in [3.05, 3.63) is 204 Å². The maximum Gasteiger partial charge on any atom is 0.124 e. The molecule has 1 aliphatic heterocycles. The van der Waals surface area contributed by atoms with Gasteiger partial charge in [-0.3, -0.25) is 0 Å². The first-order valence-corrected chi connectivity index (χ1v) is 21.2. The quantitative estimate of drug-likeness (QED) is 0.178. The van der Waals surface area contributed by atoms with Crippen LogP contribution in [0.15, 0.2) is 192 Å². The van der Waals surface area contributed by atoms with Crippen LogP contribution in [0.3, 0.4) is 0 Å². The smallest absolute Gasteiger partial charge is 0.124 e. The Labute approximate surface area is 336 Å². The Morgan fingerprint density at radius 1 is 0.339 bits per heavy atom. The summed E-state index contributed by atoms with van der Waals surface area (Å²) < 4.78 is 2.38. The zero-order valence-electron chi connectivity index (χ0n) is 29.9. The lowest BCUT2D eigenvalue weighted by molar-refractivity contribution is 0.722. The van der Waals surface area contributed by atoms with E-state index in [1.807, 2.05) is 11.8 Å². The van der Waals surface area contributed by atoms with Crippen LogP contribution in [0.5, 0.6) is 0 Å². The molecule has 2 aromatic heterocycles. The summed E-state index contributed by atoms with van der Waals surface area (Å²) in [4.78, 5) is 12.8. The SMILES string of the molecule is c1ccc2c(c1)Sc1ccccc1C21c2ccccc2-c2cc(-c3ccc(-c4cc(-c5nc6ccccc6s5)cc(-c5nc6ccccc6s5)c4)cc3)ccc21. The first-order valence-electron chi connectivity index (χ1n) is 18.8. The van der Waals surface area contributed by atoms with Gasteiger partial charge in [-0.1, -0.05) is 133 Å². The van der Waals surface area contributed by atoms with E-state index in [2.05, 4.69) is 182 Å². The molecule has 0 atom stereocenters. The van der Waals surface area contributed by atoms with E-state index in [1.54, 1.807) is 22.7 Å². The van der Waals surface area contributed by atoms with Crippen LogP contribution in [0.4, 0.5) is 0 Å². The summed E-state index contributed by atoms with van der Waals surface area (Å²) in [6, 6.07) is 66.8. The Kier molecular flexibility index (Phi) is 7.15. The van der Waals surface area contributed by atoms with Gasteiger partial charge in [-0.2, -0.15) is 0 Å². The number of hydrogen-bond donors (Lipinski definition) is 0. The van der Waals surface area contributed by atoms with E-state index in [4.69, 9.17) is 9.97 Å². The lowest BCUT2D eigenvalue weighted by Crippen LogP contribution is -2.31. The van der Waals surface area contributed by atoms with E-state index in [0.717, 1.165) is 43.3 Å². The molecule has 0 amide bonds. The number of aromatic nitrogens is 2. The van der Waals surface area contributed by atoms with Gasteiger partial charge in [0, 0.05) is 20.9 Å². The fraction of sp³-hybridized carbons (Fsp3) is 0.0196. The van der Waals surface area contributed by atoms with Crippen molar-refractivity contribution in [2.75, 3.05) is 0 Å². The van der Waals surface area contributed by atoms with Crippen LogP contribution in [0.1, 0.15) is 22.3 Å². The molecule has 3 heterocycles. The van der Waals surface area contributed by atoms with Gasteiger partial charge in [0.25, 0.3) is 0 Å². The first kappa shape index (κ1) is 32.2. The van der Waals surface area contributed by atoms with Crippen molar-refractivity contribution in [2.45, 2.75) is 15.2 Å². The summed E-state index contributed by atoms with van der Waals surface area (Å²) in [5.74, 6) is 0. The predicted octanol–water partition coefficient (Wildman–Crippen LogP) is 14.4. The molecule has 2 aliphatic rings. The summed E-state index contributed by atoms with van der Waals surface area (Å²) in [5, 5.41) is 2.04. The summed E-state index contributed by atoms with van der Waals surface area (Å²) in [5.41, 5.74) is 16.7.